The molecule has 0 aliphatic heterocycles. The Morgan fingerprint density at radius 1 is 1.15 bits per heavy atom. The van der Waals surface area contributed by atoms with Gasteiger partial charge in [-0.2, -0.15) is 0 Å². The van der Waals surface area contributed by atoms with Crippen LogP contribution in [-0.2, 0) is 24.1 Å². The molecule has 3 N–H and O–H groups in total. The zero-order valence-corrected chi connectivity index (χ0v) is 16.9. The molecule has 2 aliphatic carbocycles. The highest BCUT2D eigenvalue weighted by Crippen LogP contribution is 2.40. The van der Waals surface area contributed by atoms with Crippen LogP contribution < -0.4 is 10.6 Å². The van der Waals surface area contributed by atoms with Gasteiger partial charge in [0.05, 0.1) is 0 Å². The number of aryl methyl sites for hydroxylation is 1. The minimum atomic E-state index is 0.321. The monoisotopic (exact) mass is 373 g/mol. The topological polar surface area (TPSA) is 65.9 Å². The summed E-state index contributed by atoms with van der Waals surface area (Å²) in [6, 6.07) is 3.93. The minimum Gasteiger partial charge on any atom is -0.508 e. The summed E-state index contributed by atoms with van der Waals surface area (Å²) in [5.74, 6) is 1.21. The third-order valence-corrected chi connectivity index (χ3v) is 6.41. The number of ether oxygens (including phenoxy) is 1. The van der Waals surface area contributed by atoms with E-state index in [9.17, 15) is 5.11 Å². The molecular weight excluding hydrogens is 338 g/mol. The molecule has 1 saturated carbocycles. The number of benzene rings is 1. The molecule has 0 aromatic heterocycles. The number of guanidine groups is 1. The fourth-order valence-electron chi connectivity index (χ4n) is 4.71. The summed E-state index contributed by atoms with van der Waals surface area (Å²) in [4.78, 5) is 4.40. The molecule has 0 amide bonds. The van der Waals surface area contributed by atoms with Gasteiger partial charge in [-0.1, -0.05) is 18.9 Å². The van der Waals surface area contributed by atoms with Crippen molar-refractivity contribution < 1.29 is 9.84 Å². The zero-order valence-electron chi connectivity index (χ0n) is 16.9. The summed E-state index contributed by atoms with van der Waals surface area (Å²) >= 11 is 0. The summed E-state index contributed by atoms with van der Waals surface area (Å²) in [6.45, 7) is 2.35. The number of nitrogens with zero attached hydrogens (tertiary/aromatic N) is 1. The Hall–Kier alpha value is -1.75. The van der Waals surface area contributed by atoms with Crippen LogP contribution in [0.5, 0.6) is 5.75 Å². The molecule has 1 fully saturated rings. The fourth-order valence-corrected chi connectivity index (χ4v) is 4.71. The fraction of sp³-hybridized carbons (Fsp3) is 0.682. The maximum Gasteiger partial charge on any atom is 0.191 e. The number of phenolic OH excluding ortho intramolecular Hbond substituents is 1. The zero-order chi connectivity index (χ0) is 19.1. The van der Waals surface area contributed by atoms with Gasteiger partial charge >= 0.3 is 0 Å². The molecule has 3 rings (SSSR count). The van der Waals surface area contributed by atoms with Crippen LogP contribution in [0, 0.1) is 5.41 Å². The summed E-state index contributed by atoms with van der Waals surface area (Å²) in [6.07, 6.45) is 10.9. The molecule has 5 nitrogen and oxygen atoms in total. The number of fused-ring (bicyclic) bond motifs is 1. The molecule has 1 aromatic carbocycles. The summed E-state index contributed by atoms with van der Waals surface area (Å²) in [5.41, 5.74) is 4.08. The molecule has 150 valence electrons. The molecule has 0 radical (unpaired) electrons. The van der Waals surface area contributed by atoms with E-state index < -0.39 is 0 Å². The van der Waals surface area contributed by atoms with Gasteiger partial charge in [0, 0.05) is 39.4 Å². The van der Waals surface area contributed by atoms with Crippen molar-refractivity contribution in [2.75, 3.05) is 27.3 Å². The second-order valence-corrected chi connectivity index (χ2v) is 8.14. The number of aromatic hydroxyl groups is 1. The van der Waals surface area contributed by atoms with Crippen LogP contribution in [0.25, 0.3) is 0 Å². The molecule has 0 heterocycles. The first-order valence-corrected chi connectivity index (χ1v) is 10.4. The van der Waals surface area contributed by atoms with Gasteiger partial charge in [-0.25, -0.2) is 0 Å². The van der Waals surface area contributed by atoms with E-state index in [2.05, 4.69) is 21.7 Å². The van der Waals surface area contributed by atoms with E-state index in [4.69, 9.17) is 4.74 Å². The standard InChI is InChI=1S/C22H35N3O2/c1-23-21(25-16-22(13-14-27-2)11-5-6-12-22)24-15-19-18-8-4-3-7-17(18)9-10-20(19)26/h9-10,26H,3-8,11-16H2,1-2H3,(H2,23,24,25). The smallest absolute Gasteiger partial charge is 0.191 e. The molecule has 0 unspecified atom stereocenters. The average molecular weight is 374 g/mol. The lowest BCUT2D eigenvalue weighted by atomic mass is 9.83. The third-order valence-electron chi connectivity index (χ3n) is 6.41. The molecule has 0 spiro atoms. The average Bonchev–Trinajstić information content (AvgIpc) is 3.17. The first-order chi connectivity index (χ1) is 13.2. The Morgan fingerprint density at radius 3 is 2.67 bits per heavy atom. The van der Waals surface area contributed by atoms with Crippen molar-refractivity contribution in [2.45, 2.75) is 64.3 Å². The number of hydrogen-bond donors (Lipinski definition) is 3. The van der Waals surface area contributed by atoms with Crippen molar-refractivity contribution in [1.82, 2.24) is 10.6 Å². The van der Waals surface area contributed by atoms with Crippen LogP contribution in [0.4, 0.5) is 0 Å². The van der Waals surface area contributed by atoms with E-state index in [1.165, 1.54) is 49.7 Å². The minimum absolute atomic E-state index is 0.321. The maximum atomic E-state index is 10.4. The second-order valence-electron chi connectivity index (χ2n) is 8.14. The third kappa shape index (κ3) is 4.95. The molecule has 27 heavy (non-hydrogen) atoms. The number of hydrogen-bond acceptors (Lipinski definition) is 3. The lowest BCUT2D eigenvalue weighted by molar-refractivity contribution is 0.138. The Balaban J connectivity index is 1.60. The van der Waals surface area contributed by atoms with Crippen molar-refractivity contribution in [3.63, 3.8) is 0 Å². The number of nitrogens with one attached hydrogen (secondary N) is 2. The van der Waals surface area contributed by atoms with Crippen molar-refractivity contribution in [2.24, 2.45) is 10.4 Å². The van der Waals surface area contributed by atoms with Gasteiger partial charge in [0.2, 0.25) is 0 Å². The van der Waals surface area contributed by atoms with Gasteiger partial charge in [0.15, 0.2) is 5.96 Å². The van der Waals surface area contributed by atoms with E-state index in [0.717, 1.165) is 43.9 Å². The maximum absolute atomic E-state index is 10.4. The SMILES string of the molecule is CN=C(NCc1c(O)ccc2c1CCCC2)NCC1(CCOC)CCCC1. The largest absolute Gasteiger partial charge is 0.508 e. The van der Waals surface area contributed by atoms with Gasteiger partial charge in [-0.3, -0.25) is 4.99 Å². The summed E-state index contributed by atoms with van der Waals surface area (Å²) in [5, 5.41) is 17.3. The molecule has 1 aromatic rings. The molecule has 0 atom stereocenters. The van der Waals surface area contributed by atoms with E-state index in [-0.39, 0.29) is 0 Å². The van der Waals surface area contributed by atoms with Crippen molar-refractivity contribution in [3.8, 4) is 5.75 Å². The summed E-state index contributed by atoms with van der Waals surface area (Å²) < 4.78 is 5.33. The number of aliphatic imine (C=N–C) groups is 1. The Bertz CT molecular complexity index is 651. The molecule has 0 bridgehead atoms. The van der Waals surface area contributed by atoms with Crippen LogP contribution >= 0.6 is 0 Å². The number of methoxy groups -OCH3 is 1. The molecule has 0 saturated heterocycles. The van der Waals surface area contributed by atoms with Gasteiger partial charge < -0.3 is 20.5 Å². The van der Waals surface area contributed by atoms with Gasteiger partial charge in [0.25, 0.3) is 0 Å². The number of rotatable bonds is 7. The number of phenols is 1. The predicted octanol–water partition coefficient (Wildman–Crippen LogP) is 3.53. The highest BCUT2D eigenvalue weighted by molar-refractivity contribution is 5.79. The Morgan fingerprint density at radius 2 is 1.93 bits per heavy atom. The van der Waals surface area contributed by atoms with Crippen LogP contribution in [0.15, 0.2) is 17.1 Å². The Kier molecular flexibility index (Phi) is 7.00. The van der Waals surface area contributed by atoms with Gasteiger partial charge in [-0.05, 0) is 67.6 Å². The van der Waals surface area contributed by atoms with Gasteiger partial charge in [0.1, 0.15) is 5.75 Å². The van der Waals surface area contributed by atoms with E-state index in [0.29, 0.717) is 17.7 Å². The first kappa shape index (κ1) is 20.0. The highest BCUT2D eigenvalue weighted by atomic mass is 16.5. The molecule has 2 aliphatic rings. The quantitative estimate of drug-likeness (QED) is 0.505. The Labute approximate surface area is 163 Å². The van der Waals surface area contributed by atoms with Crippen LogP contribution in [0.1, 0.15) is 61.6 Å². The van der Waals surface area contributed by atoms with Crippen molar-refractivity contribution >= 4 is 5.96 Å². The van der Waals surface area contributed by atoms with Crippen LogP contribution in [0.2, 0.25) is 0 Å². The van der Waals surface area contributed by atoms with E-state index in [1.807, 2.05) is 13.1 Å². The van der Waals surface area contributed by atoms with Crippen LogP contribution in [-0.4, -0.2) is 38.4 Å². The normalized spacial score (nSPS) is 19.0. The molecular formula is C22H35N3O2. The van der Waals surface area contributed by atoms with Gasteiger partial charge in [-0.15, -0.1) is 0 Å². The lowest BCUT2D eigenvalue weighted by Crippen LogP contribution is -2.43. The summed E-state index contributed by atoms with van der Waals surface area (Å²) in [7, 11) is 3.59. The van der Waals surface area contributed by atoms with E-state index >= 15 is 0 Å². The lowest BCUT2D eigenvalue weighted by Gasteiger charge is -2.30. The first-order valence-electron chi connectivity index (χ1n) is 10.4. The van der Waals surface area contributed by atoms with E-state index in [1.54, 1.807) is 7.11 Å². The highest BCUT2D eigenvalue weighted by Gasteiger charge is 2.33. The van der Waals surface area contributed by atoms with Crippen molar-refractivity contribution in [1.29, 1.82) is 0 Å². The van der Waals surface area contributed by atoms with Crippen LogP contribution in [0.3, 0.4) is 0 Å². The molecule has 5 heteroatoms. The predicted molar refractivity (Wildman–Crippen MR) is 110 cm³/mol. The second kappa shape index (κ2) is 9.45. The van der Waals surface area contributed by atoms with Crippen molar-refractivity contribution in [3.05, 3.63) is 28.8 Å².